The van der Waals surface area contributed by atoms with Gasteiger partial charge >= 0.3 is 0 Å². The lowest BCUT2D eigenvalue weighted by atomic mass is 10.2. The van der Waals surface area contributed by atoms with Crippen molar-refractivity contribution >= 4 is 28.6 Å². The predicted octanol–water partition coefficient (Wildman–Crippen LogP) is 2.95. The summed E-state index contributed by atoms with van der Waals surface area (Å²) >= 11 is 7.95. The minimum atomic E-state index is 0.0439. The van der Waals surface area contributed by atoms with Gasteiger partial charge in [0.1, 0.15) is 5.75 Å². The third-order valence-corrected chi connectivity index (χ3v) is 3.19. The maximum Gasteiger partial charge on any atom is 0.124 e. The number of thiol groups is 1. The van der Waals surface area contributed by atoms with Crippen molar-refractivity contribution in [1.29, 1.82) is 0 Å². The molecule has 0 saturated heterocycles. The SMILES string of the molecule is COc1ccc(Br)cc1C(S)N(C)C. The van der Waals surface area contributed by atoms with Crippen molar-refractivity contribution in [1.82, 2.24) is 4.90 Å². The molecule has 0 bridgehead atoms. The van der Waals surface area contributed by atoms with E-state index in [1.54, 1.807) is 7.11 Å². The second-order valence-corrected chi connectivity index (χ2v) is 4.63. The van der Waals surface area contributed by atoms with Gasteiger partial charge in [-0.25, -0.2) is 0 Å². The standard InChI is InChI=1S/C10H14BrNOS/c1-12(2)10(14)8-6-7(11)4-5-9(8)13-3/h4-6,10,14H,1-3H3. The first kappa shape index (κ1) is 11.9. The van der Waals surface area contributed by atoms with Gasteiger partial charge in [0, 0.05) is 10.0 Å². The van der Waals surface area contributed by atoms with Crippen molar-refractivity contribution in [3.8, 4) is 5.75 Å². The number of hydrogen-bond donors (Lipinski definition) is 1. The van der Waals surface area contributed by atoms with Gasteiger partial charge in [0.15, 0.2) is 0 Å². The highest BCUT2D eigenvalue weighted by Gasteiger charge is 2.14. The van der Waals surface area contributed by atoms with E-state index in [0.717, 1.165) is 15.8 Å². The summed E-state index contributed by atoms with van der Waals surface area (Å²) in [5, 5.41) is 0.0439. The average molecular weight is 276 g/mol. The molecule has 0 heterocycles. The van der Waals surface area contributed by atoms with Crippen LogP contribution in [0.4, 0.5) is 0 Å². The van der Waals surface area contributed by atoms with E-state index in [0.29, 0.717) is 0 Å². The minimum Gasteiger partial charge on any atom is -0.496 e. The Morgan fingerprint density at radius 2 is 2.07 bits per heavy atom. The summed E-state index contributed by atoms with van der Waals surface area (Å²) in [5.41, 5.74) is 1.07. The van der Waals surface area contributed by atoms with Crippen molar-refractivity contribution in [2.45, 2.75) is 5.37 Å². The van der Waals surface area contributed by atoms with Crippen LogP contribution in [0, 0.1) is 0 Å². The molecule has 0 aliphatic rings. The lowest BCUT2D eigenvalue weighted by Gasteiger charge is -2.21. The highest BCUT2D eigenvalue weighted by molar-refractivity contribution is 9.10. The van der Waals surface area contributed by atoms with Gasteiger partial charge < -0.3 is 4.74 Å². The first-order valence-electron chi connectivity index (χ1n) is 4.24. The molecule has 4 heteroatoms. The topological polar surface area (TPSA) is 12.5 Å². The van der Waals surface area contributed by atoms with Crippen LogP contribution in [0.1, 0.15) is 10.9 Å². The van der Waals surface area contributed by atoms with Crippen LogP contribution in [0.5, 0.6) is 5.75 Å². The third-order valence-electron chi connectivity index (χ3n) is 1.96. The molecule has 0 aliphatic carbocycles. The molecule has 0 fully saturated rings. The van der Waals surface area contributed by atoms with Gasteiger partial charge in [-0.05, 0) is 32.3 Å². The van der Waals surface area contributed by atoms with Gasteiger partial charge in [-0.1, -0.05) is 15.9 Å². The van der Waals surface area contributed by atoms with Crippen LogP contribution in [0.3, 0.4) is 0 Å². The van der Waals surface area contributed by atoms with E-state index < -0.39 is 0 Å². The van der Waals surface area contributed by atoms with E-state index >= 15 is 0 Å². The molecule has 2 nitrogen and oxygen atoms in total. The Hall–Kier alpha value is -0.190. The Morgan fingerprint density at radius 1 is 1.43 bits per heavy atom. The van der Waals surface area contributed by atoms with Crippen LogP contribution in [0.15, 0.2) is 22.7 Å². The largest absolute Gasteiger partial charge is 0.496 e. The van der Waals surface area contributed by atoms with E-state index in [9.17, 15) is 0 Å². The summed E-state index contributed by atoms with van der Waals surface area (Å²) < 4.78 is 6.31. The summed E-state index contributed by atoms with van der Waals surface area (Å²) in [6.45, 7) is 0. The first-order valence-corrected chi connectivity index (χ1v) is 5.55. The Kier molecular flexibility index (Phi) is 4.29. The Bertz CT molecular complexity index is 317. The zero-order valence-corrected chi connectivity index (χ0v) is 11.0. The Morgan fingerprint density at radius 3 is 2.57 bits per heavy atom. The molecular weight excluding hydrogens is 262 g/mol. The molecule has 0 amide bonds. The Labute approximate surface area is 98.8 Å². The molecular formula is C10H14BrNOS. The first-order chi connectivity index (χ1) is 6.56. The van der Waals surface area contributed by atoms with Crippen molar-refractivity contribution < 1.29 is 4.74 Å². The molecule has 1 atom stereocenters. The molecule has 0 N–H and O–H groups in total. The van der Waals surface area contributed by atoms with Crippen LogP contribution < -0.4 is 4.74 Å². The predicted molar refractivity (Wildman–Crippen MR) is 66.1 cm³/mol. The fraction of sp³-hybridized carbons (Fsp3) is 0.400. The van der Waals surface area contributed by atoms with Gasteiger partial charge in [-0.3, -0.25) is 4.90 Å². The number of halogens is 1. The van der Waals surface area contributed by atoms with Gasteiger partial charge in [-0.2, -0.15) is 12.6 Å². The molecule has 1 unspecified atom stereocenters. The molecule has 0 aliphatic heterocycles. The summed E-state index contributed by atoms with van der Waals surface area (Å²) in [6.07, 6.45) is 0. The van der Waals surface area contributed by atoms with Crippen LogP contribution in [-0.2, 0) is 0 Å². The minimum absolute atomic E-state index is 0.0439. The van der Waals surface area contributed by atoms with E-state index in [2.05, 4.69) is 28.6 Å². The zero-order chi connectivity index (χ0) is 10.7. The highest BCUT2D eigenvalue weighted by atomic mass is 79.9. The number of ether oxygens (including phenoxy) is 1. The fourth-order valence-corrected chi connectivity index (χ4v) is 1.77. The average Bonchev–Trinajstić information content (AvgIpc) is 2.16. The van der Waals surface area contributed by atoms with Gasteiger partial charge in [0.2, 0.25) is 0 Å². The van der Waals surface area contributed by atoms with E-state index in [4.69, 9.17) is 4.74 Å². The second-order valence-electron chi connectivity index (χ2n) is 3.22. The van der Waals surface area contributed by atoms with Gasteiger partial charge in [0.05, 0.1) is 12.5 Å². The highest BCUT2D eigenvalue weighted by Crippen LogP contribution is 2.32. The summed E-state index contributed by atoms with van der Waals surface area (Å²) in [4.78, 5) is 2.02. The quantitative estimate of drug-likeness (QED) is 0.673. The van der Waals surface area contributed by atoms with Crippen LogP contribution in [0.25, 0.3) is 0 Å². The van der Waals surface area contributed by atoms with Gasteiger partial charge in [0.25, 0.3) is 0 Å². The molecule has 0 saturated carbocycles. The normalized spacial score (nSPS) is 13.0. The smallest absolute Gasteiger partial charge is 0.124 e. The zero-order valence-electron chi connectivity index (χ0n) is 8.49. The van der Waals surface area contributed by atoms with Crippen molar-refractivity contribution in [3.05, 3.63) is 28.2 Å². The van der Waals surface area contributed by atoms with Crippen molar-refractivity contribution in [3.63, 3.8) is 0 Å². The van der Waals surface area contributed by atoms with Gasteiger partial charge in [-0.15, -0.1) is 0 Å². The Balaban J connectivity index is 3.10. The maximum absolute atomic E-state index is 5.28. The number of rotatable bonds is 3. The van der Waals surface area contributed by atoms with Crippen LogP contribution >= 0.6 is 28.6 Å². The summed E-state index contributed by atoms with van der Waals surface area (Å²) in [7, 11) is 5.64. The van der Waals surface area contributed by atoms with Crippen molar-refractivity contribution in [2.75, 3.05) is 21.2 Å². The molecule has 1 aromatic rings. The monoisotopic (exact) mass is 275 g/mol. The van der Waals surface area contributed by atoms with Crippen LogP contribution in [-0.4, -0.2) is 26.1 Å². The van der Waals surface area contributed by atoms with Crippen molar-refractivity contribution in [2.24, 2.45) is 0 Å². The molecule has 0 aromatic heterocycles. The molecule has 0 spiro atoms. The molecule has 78 valence electrons. The van der Waals surface area contributed by atoms with Crippen LogP contribution in [0.2, 0.25) is 0 Å². The maximum atomic E-state index is 5.28. The van der Waals surface area contributed by atoms with E-state index in [1.807, 2.05) is 37.2 Å². The number of benzene rings is 1. The molecule has 0 radical (unpaired) electrons. The third kappa shape index (κ3) is 2.65. The second kappa shape index (κ2) is 5.05. The molecule has 14 heavy (non-hydrogen) atoms. The van der Waals surface area contributed by atoms with E-state index in [-0.39, 0.29) is 5.37 Å². The lowest BCUT2D eigenvalue weighted by Crippen LogP contribution is -2.15. The molecule has 1 aromatic carbocycles. The lowest BCUT2D eigenvalue weighted by molar-refractivity contribution is 0.366. The summed E-state index contributed by atoms with van der Waals surface area (Å²) in [6, 6.07) is 5.92. The van der Waals surface area contributed by atoms with E-state index in [1.165, 1.54) is 0 Å². The molecule has 1 rings (SSSR count). The summed E-state index contributed by atoms with van der Waals surface area (Å²) in [5.74, 6) is 0.863. The number of nitrogens with zero attached hydrogens (tertiary/aromatic N) is 1. The number of hydrogen-bond acceptors (Lipinski definition) is 3. The number of methoxy groups -OCH3 is 1. The fourth-order valence-electron chi connectivity index (χ4n) is 1.19.